The molecule has 0 radical (unpaired) electrons. The highest BCUT2D eigenvalue weighted by Gasteiger charge is 2.38. The van der Waals surface area contributed by atoms with Crippen molar-refractivity contribution < 1.29 is 19.3 Å². The van der Waals surface area contributed by atoms with Gasteiger partial charge in [0.05, 0.1) is 19.8 Å². The van der Waals surface area contributed by atoms with Gasteiger partial charge >= 0.3 is 0 Å². The Morgan fingerprint density at radius 1 is 1.43 bits per heavy atom. The zero-order valence-corrected chi connectivity index (χ0v) is 13.0. The van der Waals surface area contributed by atoms with Crippen LogP contribution >= 0.6 is 0 Å². The monoisotopic (exact) mass is 295 g/mol. The summed E-state index contributed by atoms with van der Waals surface area (Å²) in [6, 6.07) is 5.87. The summed E-state index contributed by atoms with van der Waals surface area (Å²) in [5.74, 6) is 1.48. The molecule has 0 bridgehead atoms. The Labute approximate surface area is 126 Å². The number of hydrogen-bond donors (Lipinski definition) is 2. The molecule has 1 aliphatic heterocycles. The second-order valence-electron chi connectivity index (χ2n) is 5.39. The predicted molar refractivity (Wildman–Crippen MR) is 80.9 cm³/mol. The van der Waals surface area contributed by atoms with Crippen molar-refractivity contribution in [2.75, 3.05) is 26.9 Å². The van der Waals surface area contributed by atoms with Crippen LogP contribution in [-0.2, 0) is 11.3 Å². The Balaban J connectivity index is 1.91. The van der Waals surface area contributed by atoms with Gasteiger partial charge in [0, 0.05) is 26.1 Å². The van der Waals surface area contributed by atoms with Crippen molar-refractivity contribution in [2.24, 2.45) is 0 Å². The molecule has 1 heterocycles. The summed E-state index contributed by atoms with van der Waals surface area (Å²) in [5.41, 5.74) is 0.320. The van der Waals surface area contributed by atoms with E-state index < -0.39 is 5.60 Å². The largest absolute Gasteiger partial charge is 0.493 e. The Kier molecular flexibility index (Phi) is 5.45. The SMILES string of the molecule is CCOc1ccc(CNCC2(O)CCOC2C)cc1OC. The van der Waals surface area contributed by atoms with E-state index in [0.29, 0.717) is 32.7 Å². The van der Waals surface area contributed by atoms with Gasteiger partial charge in [0.15, 0.2) is 11.5 Å². The number of aliphatic hydroxyl groups is 1. The van der Waals surface area contributed by atoms with Crippen LogP contribution in [0.1, 0.15) is 25.8 Å². The van der Waals surface area contributed by atoms with Gasteiger partial charge in [0.2, 0.25) is 0 Å². The van der Waals surface area contributed by atoms with E-state index in [-0.39, 0.29) is 6.10 Å². The van der Waals surface area contributed by atoms with Gasteiger partial charge in [-0.05, 0) is 31.5 Å². The normalized spacial score (nSPS) is 25.0. The average Bonchev–Trinajstić information content (AvgIpc) is 2.80. The van der Waals surface area contributed by atoms with Crippen LogP contribution in [0.25, 0.3) is 0 Å². The lowest BCUT2D eigenvalue weighted by Crippen LogP contribution is -2.45. The Morgan fingerprint density at radius 2 is 2.24 bits per heavy atom. The van der Waals surface area contributed by atoms with Crippen LogP contribution in [0.2, 0.25) is 0 Å². The Bertz CT molecular complexity index is 466. The molecule has 1 fully saturated rings. The van der Waals surface area contributed by atoms with Crippen LogP contribution in [0, 0.1) is 0 Å². The molecule has 2 rings (SSSR count). The molecule has 2 N–H and O–H groups in total. The van der Waals surface area contributed by atoms with E-state index in [2.05, 4.69) is 5.32 Å². The second kappa shape index (κ2) is 7.11. The second-order valence-corrected chi connectivity index (χ2v) is 5.39. The minimum Gasteiger partial charge on any atom is -0.493 e. The van der Waals surface area contributed by atoms with Crippen LogP contribution in [0.15, 0.2) is 18.2 Å². The van der Waals surface area contributed by atoms with Crippen LogP contribution in [-0.4, -0.2) is 43.7 Å². The van der Waals surface area contributed by atoms with Gasteiger partial charge in [-0.3, -0.25) is 0 Å². The van der Waals surface area contributed by atoms with Crippen molar-refractivity contribution in [3.8, 4) is 11.5 Å². The maximum Gasteiger partial charge on any atom is 0.161 e. The Hall–Kier alpha value is -1.30. The van der Waals surface area contributed by atoms with Crippen LogP contribution in [0.4, 0.5) is 0 Å². The van der Waals surface area contributed by atoms with Crippen molar-refractivity contribution in [1.82, 2.24) is 5.32 Å². The molecule has 0 aliphatic carbocycles. The van der Waals surface area contributed by atoms with Crippen LogP contribution in [0.5, 0.6) is 11.5 Å². The molecule has 1 aliphatic rings. The third-order valence-corrected chi connectivity index (χ3v) is 3.95. The lowest BCUT2D eigenvalue weighted by atomic mass is 9.96. The number of hydrogen-bond acceptors (Lipinski definition) is 5. The van der Waals surface area contributed by atoms with E-state index in [9.17, 15) is 5.11 Å². The zero-order chi connectivity index (χ0) is 15.3. The fourth-order valence-corrected chi connectivity index (χ4v) is 2.52. The first kappa shape index (κ1) is 16.1. The van der Waals surface area contributed by atoms with Gasteiger partial charge in [-0.15, -0.1) is 0 Å². The van der Waals surface area contributed by atoms with Gasteiger partial charge in [-0.25, -0.2) is 0 Å². The van der Waals surface area contributed by atoms with Gasteiger partial charge in [0.25, 0.3) is 0 Å². The summed E-state index contributed by atoms with van der Waals surface area (Å²) < 4.78 is 16.3. The molecule has 0 aromatic heterocycles. The first-order valence-electron chi connectivity index (χ1n) is 7.43. The first-order valence-corrected chi connectivity index (χ1v) is 7.43. The van der Waals surface area contributed by atoms with E-state index >= 15 is 0 Å². The number of benzene rings is 1. The highest BCUT2D eigenvalue weighted by atomic mass is 16.5. The summed E-state index contributed by atoms with van der Waals surface area (Å²) in [7, 11) is 1.63. The molecule has 1 aromatic rings. The number of nitrogens with one attached hydrogen (secondary N) is 1. The van der Waals surface area contributed by atoms with Crippen molar-refractivity contribution in [2.45, 2.75) is 38.5 Å². The maximum absolute atomic E-state index is 10.4. The molecule has 0 amide bonds. The topological polar surface area (TPSA) is 60.0 Å². The lowest BCUT2D eigenvalue weighted by Gasteiger charge is -2.26. The van der Waals surface area contributed by atoms with E-state index in [1.165, 1.54) is 0 Å². The van der Waals surface area contributed by atoms with Gasteiger partial charge in [-0.2, -0.15) is 0 Å². The highest BCUT2D eigenvalue weighted by Crippen LogP contribution is 2.28. The third-order valence-electron chi connectivity index (χ3n) is 3.95. The molecule has 118 valence electrons. The predicted octanol–water partition coefficient (Wildman–Crippen LogP) is 1.72. The quantitative estimate of drug-likeness (QED) is 0.802. The summed E-state index contributed by atoms with van der Waals surface area (Å²) in [6.45, 7) is 6.27. The van der Waals surface area contributed by atoms with Gasteiger partial charge in [-0.1, -0.05) is 6.07 Å². The number of ether oxygens (including phenoxy) is 3. The smallest absolute Gasteiger partial charge is 0.161 e. The minimum atomic E-state index is -0.769. The number of methoxy groups -OCH3 is 1. The minimum absolute atomic E-state index is 0.125. The lowest BCUT2D eigenvalue weighted by molar-refractivity contribution is -0.0262. The maximum atomic E-state index is 10.4. The van der Waals surface area contributed by atoms with E-state index in [1.54, 1.807) is 7.11 Å². The van der Waals surface area contributed by atoms with Gasteiger partial charge in [0.1, 0.15) is 5.60 Å². The summed E-state index contributed by atoms with van der Waals surface area (Å²) in [4.78, 5) is 0. The molecule has 5 heteroatoms. The molecule has 0 saturated carbocycles. The molecule has 5 nitrogen and oxygen atoms in total. The van der Waals surface area contributed by atoms with Crippen molar-refractivity contribution in [3.05, 3.63) is 23.8 Å². The fraction of sp³-hybridized carbons (Fsp3) is 0.625. The molecule has 2 atom stereocenters. The van der Waals surface area contributed by atoms with Crippen molar-refractivity contribution in [3.63, 3.8) is 0 Å². The zero-order valence-electron chi connectivity index (χ0n) is 13.0. The summed E-state index contributed by atoms with van der Waals surface area (Å²) >= 11 is 0. The van der Waals surface area contributed by atoms with Crippen molar-refractivity contribution in [1.29, 1.82) is 0 Å². The van der Waals surface area contributed by atoms with E-state index in [1.807, 2.05) is 32.0 Å². The van der Waals surface area contributed by atoms with E-state index in [0.717, 1.165) is 17.1 Å². The number of rotatable bonds is 7. The first-order chi connectivity index (χ1) is 10.1. The fourth-order valence-electron chi connectivity index (χ4n) is 2.52. The van der Waals surface area contributed by atoms with Crippen molar-refractivity contribution >= 4 is 0 Å². The molecule has 0 spiro atoms. The summed E-state index contributed by atoms with van der Waals surface area (Å²) in [5, 5.41) is 13.7. The molecule has 2 unspecified atom stereocenters. The molecule has 1 aromatic carbocycles. The molecular weight excluding hydrogens is 270 g/mol. The molecule has 1 saturated heterocycles. The Morgan fingerprint density at radius 3 is 2.86 bits per heavy atom. The van der Waals surface area contributed by atoms with Crippen LogP contribution < -0.4 is 14.8 Å². The van der Waals surface area contributed by atoms with E-state index in [4.69, 9.17) is 14.2 Å². The standard InChI is InChI=1S/C16H25NO4/c1-4-20-14-6-5-13(9-15(14)19-3)10-17-11-16(18)7-8-21-12(16)2/h5-6,9,12,17-18H,4,7-8,10-11H2,1-3H3. The molecule has 21 heavy (non-hydrogen) atoms. The van der Waals surface area contributed by atoms with Gasteiger partial charge < -0.3 is 24.6 Å². The van der Waals surface area contributed by atoms with Crippen LogP contribution in [0.3, 0.4) is 0 Å². The average molecular weight is 295 g/mol. The highest BCUT2D eigenvalue weighted by molar-refractivity contribution is 5.42. The third kappa shape index (κ3) is 3.87. The molecular formula is C16H25NO4. The summed E-state index contributed by atoms with van der Waals surface area (Å²) in [6.07, 6.45) is 0.549.